The maximum Gasteiger partial charge on any atom is 0.306 e. The third-order valence-electron chi connectivity index (χ3n) is 8.44. The number of rotatable bonds is 7. The largest absolute Gasteiger partial charge is 0.481 e. The van der Waals surface area contributed by atoms with Gasteiger partial charge < -0.3 is 10.0 Å². The Labute approximate surface area is 268 Å². The molecule has 0 spiro atoms. The Morgan fingerprint density at radius 3 is 2.11 bits per heavy atom. The molecular weight excluding hydrogens is 629 g/mol. The summed E-state index contributed by atoms with van der Waals surface area (Å²) in [6.45, 7) is 0.873. The fourth-order valence-corrected chi connectivity index (χ4v) is 7.68. The van der Waals surface area contributed by atoms with Crippen molar-refractivity contribution in [2.45, 2.75) is 24.2 Å². The summed E-state index contributed by atoms with van der Waals surface area (Å²) in [5.74, 6) is -2.04. The van der Waals surface area contributed by atoms with Gasteiger partial charge in [-0.3, -0.25) is 4.79 Å². The Bertz CT molecular complexity index is 2200. The zero-order valence-electron chi connectivity index (χ0n) is 24.6. The average molecular weight is 655 g/mol. The summed E-state index contributed by atoms with van der Waals surface area (Å²) < 4.78 is 71.8. The van der Waals surface area contributed by atoms with Crippen LogP contribution in [-0.2, 0) is 14.8 Å². The van der Waals surface area contributed by atoms with Crippen LogP contribution in [0.15, 0.2) is 89.8 Å². The van der Waals surface area contributed by atoms with Crippen molar-refractivity contribution in [2.24, 2.45) is 5.92 Å². The van der Waals surface area contributed by atoms with E-state index >= 15 is 0 Å². The van der Waals surface area contributed by atoms with E-state index in [-0.39, 0.29) is 49.3 Å². The minimum absolute atomic E-state index is 0.0324. The number of nitriles is 2. The van der Waals surface area contributed by atoms with Gasteiger partial charge in [-0.25, -0.2) is 25.6 Å². The van der Waals surface area contributed by atoms with Crippen LogP contribution in [0.3, 0.4) is 0 Å². The number of aliphatic carboxylic acids is 1. The number of anilines is 1. The number of hydrogen-bond donors (Lipinski definition) is 1. The molecule has 6 rings (SSSR count). The number of carbonyl (C=O) groups is 1. The lowest BCUT2D eigenvalue weighted by Crippen LogP contribution is -2.36. The Kier molecular flexibility index (Phi) is 8.22. The van der Waals surface area contributed by atoms with Crippen LogP contribution in [-0.4, -0.2) is 36.6 Å². The minimum Gasteiger partial charge on any atom is -0.481 e. The molecule has 1 N–H and O–H groups in total. The first-order chi connectivity index (χ1) is 22.5. The van der Waals surface area contributed by atoms with Crippen LogP contribution in [0.2, 0.25) is 0 Å². The van der Waals surface area contributed by atoms with Gasteiger partial charge in [-0.1, -0.05) is 30.3 Å². The zero-order chi connectivity index (χ0) is 33.5. The van der Waals surface area contributed by atoms with Gasteiger partial charge in [0.1, 0.15) is 5.82 Å². The van der Waals surface area contributed by atoms with Crippen molar-refractivity contribution in [1.29, 1.82) is 10.5 Å². The summed E-state index contributed by atoms with van der Waals surface area (Å²) in [5.41, 5.74) is 1.07. The lowest BCUT2D eigenvalue weighted by Gasteiger charge is -2.32. The van der Waals surface area contributed by atoms with Crippen LogP contribution >= 0.6 is 0 Å². The van der Waals surface area contributed by atoms with E-state index in [4.69, 9.17) is 0 Å². The van der Waals surface area contributed by atoms with Gasteiger partial charge >= 0.3 is 5.97 Å². The number of alkyl halides is 2. The number of nitrogens with zero attached hydrogens (tertiary/aromatic N) is 4. The second-order valence-corrected chi connectivity index (χ2v) is 12.9. The number of halogens is 3. The number of fused-ring (bicyclic) bond motifs is 1. The maximum atomic E-state index is 15.0. The van der Waals surface area contributed by atoms with Crippen LogP contribution in [0.1, 0.15) is 36.0 Å². The van der Waals surface area contributed by atoms with Crippen LogP contribution in [0.4, 0.5) is 18.9 Å². The fraction of sp³-hybridized carbons (Fsp3) is 0.171. The molecule has 4 aromatic carbocycles. The minimum atomic E-state index is -4.58. The van der Waals surface area contributed by atoms with Crippen molar-refractivity contribution in [3.63, 3.8) is 0 Å². The quantitative estimate of drug-likeness (QED) is 0.195. The normalized spacial score (nSPS) is 13.9. The van der Waals surface area contributed by atoms with Crippen LogP contribution in [0.5, 0.6) is 0 Å². The predicted molar refractivity (Wildman–Crippen MR) is 169 cm³/mol. The Hall–Kier alpha value is -5.59. The molecule has 0 saturated carbocycles. The van der Waals surface area contributed by atoms with Gasteiger partial charge in [-0.2, -0.15) is 10.5 Å². The molecule has 1 fully saturated rings. The molecule has 0 aliphatic carbocycles. The van der Waals surface area contributed by atoms with Gasteiger partial charge in [0, 0.05) is 46.4 Å². The van der Waals surface area contributed by atoms with E-state index in [2.05, 4.69) is 12.1 Å². The molecule has 0 unspecified atom stereocenters. The summed E-state index contributed by atoms with van der Waals surface area (Å²) in [6.07, 6.45) is -2.00. The first kappa shape index (κ1) is 31.4. The molecule has 1 aliphatic heterocycles. The van der Waals surface area contributed by atoms with Crippen molar-refractivity contribution in [3.05, 3.63) is 107 Å². The summed E-state index contributed by atoms with van der Waals surface area (Å²) in [4.78, 5) is 13.2. The first-order valence-corrected chi connectivity index (χ1v) is 16.0. The van der Waals surface area contributed by atoms with Crippen LogP contribution in [0, 0.1) is 34.4 Å². The number of carboxylic acids is 1. The van der Waals surface area contributed by atoms with Crippen molar-refractivity contribution in [3.8, 4) is 34.5 Å². The molecule has 8 nitrogen and oxygen atoms in total. The van der Waals surface area contributed by atoms with Crippen molar-refractivity contribution in [1.82, 2.24) is 3.97 Å². The van der Waals surface area contributed by atoms with E-state index in [1.165, 1.54) is 24.3 Å². The topological polar surface area (TPSA) is 127 Å². The second kappa shape index (κ2) is 12.3. The Morgan fingerprint density at radius 1 is 0.872 bits per heavy atom. The third-order valence-corrected chi connectivity index (χ3v) is 10.2. The number of aromatic nitrogens is 1. The van der Waals surface area contributed by atoms with Gasteiger partial charge in [0.05, 0.1) is 45.3 Å². The number of benzene rings is 4. The molecule has 236 valence electrons. The molecule has 1 aromatic heterocycles. The van der Waals surface area contributed by atoms with Gasteiger partial charge in [0.2, 0.25) is 0 Å². The van der Waals surface area contributed by atoms with Crippen LogP contribution in [0.25, 0.3) is 33.3 Å². The molecule has 1 saturated heterocycles. The molecule has 2 heterocycles. The van der Waals surface area contributed by atoms with Gasteiger partial charge in [-0.15, -0.1) is 0 Å². The third kappa shape index (κ3) is 5.58. The molecule has 0 amide bonds. The summed E-state index contributed by atoms with van der Waals surface area (Å²) in [5, 5.41) is 29.8. The lowest BCUT2D eigenvalue weighted by atomic mass is 9.91. The van der Waals surface area contributed by atoms with E-state index in [1.807, 2.05) is 4.90 Å². The molecular formula is C35H25F3N4O4S. The number of carboxylic acid groups (broad SMARTS) is 1. The highest BCUT2D eigenvalue weighted by Crippen LogP contribution is 2.46. The van der Waals surface area contributed by atoms with Crippen molar-refractivity contribution >= 4 is 32.6 Å². The van der Waals surface area contributed by atoms with Gasteiger partial charge in [0.25, 0.3) is 16.4 Å². The monoisotopic (exact) mass is 654 g/mol. The molecule has 0 bridgehead atoms. The standard InChI is InChI=1S/C35H25F3N4O4S/c36-26-9-12-30-29(18-26)32(31-24(19-39)4-1-5-25(31)20-40)33(42(30)47(45,46)28-10-7-21(8-11-28)34(37)38)23-3-2-6-27(17-23)41-15-13-22(14-16-41)35(43)44/h1-12,17-18,22,34H,13-16H2,(H,43,44). The van der Waals surface area contributed by atoms with E-state index in [1.54, 1.807) is 24.3 Å². The molecule has 0 radical (unpaired) electrons. The summed E-state index contributed by atoms with van der Waals surface area (Å²) >= 11 is 0. The Balaban J connectivity index is 1.68. The second-order valence-electron chi connectivity index (χ2n) is 11.1. The fourth-order valence-electron chi connectivity index (χ4n) is 6.13. The highest BCUT2D eigenvalue weighted by molar-refractivity contribution is 7.90. The average Bonchev–Trinajstić information content (AvgIpc) is 3.42. The van der Waals surface area contributed by atoms with E-state index in [0.29, 0.717) is 37.2 Å². The number of piperidine rings is 1. The first-order valence-electron chi connectivity index (χ1n) is 14.5. The molecule has 47 heavy (non-hydrogen) atoms. The SMILES string of the molecule is N#Cc1cccc(C#N)c1-c1c(-c2cccc(N3CCC(C(=O)O)CC3)c2)n(S(=O)(=O)c2ccc(C(F)F)cc2)c2ccc(F)cc12. The lowest BCUT2D eigenvalue weighted by molar-refractivity contribution is -0.142. The summed E-state index contributed by atoms with van der Waals surface area (Å²) in [6, 6.07) is 23.2. The number of hydrogen-bond acceptors (Lipinski definition) is 6. The molecule has 12 heteroatoms. The van der Waals surface area contributed by atoms with E-state index in [9.17, 15) is 42.0 Å². The van der Waals surface area contributed by atoms with Crippen molar-refractivity contribution in [2.75, 3.05) is 18.0 Å². The van der Waals surface area contributed by atoms with E-state index < -0.39 is 34.2 Å². The Morgan fingerprint density at radius 2 is 1.51 bits per heavy atom. The van der Waals surface area contributed by atoms with Gasteiger partial charge in [-0.05, 0) is 67.4 Å². The van der Waals surface area contributed by atoms with Gasteiger partial charge in [0.15, 0.2) is 0 Å². The zero-order valence-corrected chi connectivity index (χ0v) is 25.4. The van der Waals surface area contributed by atoms with E-state index in [0.717, 1.165) is 40.4 Å². The van der Waals surface area contributed by atoms with Crippen molar-refractivity contribution < 1.29 is 31.5 Å². The molecule has 1 aliphatic rings. The predicted octanol–water partition coefficient (Wildman–Crippen LogP) is 7.33. The molecule has 5 aromatic rings. The maximum absolute atomic E-state index is 15.0. The van der Waals surface area contributed by atoms with Crippen LogP contribution < -0.4 is 4.90 Å². The smallest absolute Gasteiger partial charge is 0.306 e. The highest BCUT2D eigenvalue weighted by Gasteiger charge is 2.32. The highest BCUT2D eigenvalue weighted by atomic mass is 32.2. The summed E-state index contributed by atoms with van der Waals surface area (Å²) in [7, 11) is -4.58. The molecule has 0 atom stereocenters.